The van der Waals surface area contributed by atoms with E-state index >= 15 is 0 Å². The first-order valence-corrected chi connectivity index (χ1v) is 10.6. The minimum atomic E-state index is -4.49. The van der Waals surface area contributed by atoms with Crippen LogP contribution in [0.1, 0.15) is 43.2 Å². The quantitative estimate of drug-likeness (QED) is 0.569. The summed E-state index contributed by atoms with van der Waals surface area (Å²) in [5, 5.41) is 20.2. The van der Waals surface area contributed by atoms with Crippen molar-refractivity contribution in [2.24, 2.45) is 0 Å². The number of aliphatic hydroxyl groups is 1. The van der Waals surface area contributed by atoms with E-state index in [2.05, 4.69) is 14.8 Å². The van der Waals surface area contributed by atoms with Crippen LogP contribution in [0.15, 0.2) is 30.5 Å². The standard InChI is InChI=1S/C23H24F3N3O3/c1-14-8-16(23(24,25)26)10-18(32-13-31-2)19(14)17-9-15-4-7-29(20(15)28-27-17)21-5-3-6-22(30,11-21)12-21/h4,7-10,30H,3,5-6,11-13H2,1-2H3. The molecule has 1 N–H and O–H groups in total. The van der Waals surface area contributed by atoms with Crippen LogP contribution in [0.5, 0.6) is 5.75 Å². The molecule has 2 bridgehead atoms. The molecular formula is C23H24F3N3O3. The zero-order chi connectivity index (χ0) is 22.7. The lowest BCUT2D eigenvalue weighted by atomic mass is 9.56. The smallest absolute Gasteiger partial charge is 0.416 e. The molecule has 2 heterocycles. The number of alkyl halides is 3. The van der Waals surface area contributed by atoms with Gasteiger partial charge in [-0.3, -0.25) is 0 Å². The Morgan fingerprint density at radius 1 is 1.16 bits per heavy atom. The van der Waals surface area contributed by atoms with Crippen molar-refractivity contribution in [3.63, 3.8) is 0 Å². The summed E-state index contributed by atoms with van der Waals surface area (Å²) in [6, 6.07) is 5.80. The SMILES string of the molecule is COCOc1cc(C(F)(F)F)cc(C)c1-c1cc2ccn(C34CCCC(O)(C3)C4)c2nn1. The Balaban J connectivity index is 1.57. The highest BCUT2D eigenvalue weighted by Gasteiger charge is 2.57. The summed E-state index contributed by atoms with van der Waals surface area (Å²) in [6.07, 6.45) is 1.67. The second-order valence-corrected chi connectivity index (χ2v) is 9.06. The van der Waals surface area contributed by atoms with Crippen LogP contribution in [-0.2, 0) is 16.5 Å². The normalized spacial score (nSPS) is 25.1. The number of rotatable bonds is 5. The second-order valence-electron chi connectivity index (χ2n) is 9.06. The van der Waals surface area contributed by atoms with Crippen LogP contribution in [-0.4, -0.2) is 39.4 Å². The van der Waals surface area contributed by atoms with Crippen molar-refractivity contribution in [3.8, 4) is 17.0 Å². The Kier molecular flexibility index (Phi) is 4.76. The largest absolute Gasteiger partial charge is 0.467 e. The van der Waals surface area contributed by atoms with Gasteiger partial charge in [-0.2, -0.15) is 13.2 Å². The molecular weight excluding hydrogens is 423 g/mol. The van der Waals surface area contributed by atoms with E-state index in [-0.39, 0.29) is 18.1 Å². The lowest BCUT2D eigenvalue weighted by Gasteiger charge is -2.58. The van der Waals surface area contributed by atoms with Gasteiger partial charge in [0.15, 0.2) is 12.4 Å². The number of fused-ring (bicyclic) bond motifs is 3. The monoisotopic (exact) mass is 447 g/mol. The fourth-order valence-corrected chi connectivity index (χ4v) is 5.49. The second kappa shape index (κ2) is 7.18. The van der Waals surface area contributed by atoms with Gasteiger partial charge in [-0.1, -0.05) is 0 Å². The summed E-state index contributed by atoms with van der Waals surface area (Å²) in [5.74, 6) is 0.0437. The Morgan fingerprint density at radius 3 is 2.62 bits per heavy atom. The average molecular weight is 447 g/mol. The van der Waals surface area contributed by atoms with Crippen LogP contribution >= 0.6 is 0 Å². The van der Waals surface area contributed by atoms with Crippen molar-refractivity contribution in [2.45, 2.75) is 56.3 Å². The summed E-state index contributed by atoms with van der Waals surface area (Å²) in [5.41, 5.74) is 0.467. The Bertz CT molecular complexity index is 1180. The highest BCUT2D eigenvalue weighted by atomic mass is 19.4. The van der Waals surface area contributed by atoms with Gasteiger partial charge in [0.1, 0.15) is 5.75 Å². The van der Waals surface area contributed by atoms with Gasteiger partial charge in [0, 0.05) is 24.3 Å². The maximum Gasteiger partial charge on any atom is 0.416 e. The van der Waals surface area contributed by atoms with Crippen LogP contribution in [0.25, 0.3) is 22.3 Å². The molecule has 0 unspecified atom stereocenters. The van der Waals surface area contributed by atoms with Gasteiger partial charge in [-0.05, 0) is 68.9 Å². The molecule has 3 aromatic rings. The predicted octanol–water partition coefficient (Wildman–Crippen LogP) is 4.81. The van der Waals surface area contributed by atoms with Gasteiger partial charge < -0.3 is 19.1 Å². The van der Waals surface area contributed by atoms with Crippen molar-refractivity contribution < 1.29 is 27.8 Å². The molecule has 3 aliphatic rings. The van der Waals surface area contributed by atoms with Gasteiger partial charge in [0.2, 0.25) is 0 Å². The van der Waals surface area contributed by atoms with E-state index in [1.807, 2.05) is 18.3 Å². The zero-order valence-electron chi connectivity index (χ0n) is 17.9. The third-order valence-corrected chi connectivity index (χ3v) is 6.76. The van der Waals surface area contributed by atoms with Crippen molar-refractivity contribution >= 4 is 11.0 Å². The van der Waals surface area contributed by atoms with E-state index in [1.165, 1.54) is 7.11 Å². The summed E-state index contributed by atoms with van der Waals surface area (Å²) in [7, 11) is 1.40. The Hall–Kier alpha value is -2.65. The lowest BCUT2D eigenvalue weighted by Crippen LogP contribution is -2.60. The molecule has 3 aliphatic carbocycles. The summed E-state index contributed by atoms with van der Waals surface area (Å²) in [6.45, 7) is 1.41. The molecule has 170 valence electrons. The number of hydrogen-bond acceptors (Lipinski definition) is 5. The highest BCUT2D eigenvalue weighted by molar-refractivity contribution is 5.83. The Morgan fingerprint density at radius 2 is 1.94 bits per heavy atom. The molecule has 0 amide bonds. The minimum absolute atomic E-state index is 0.0437. The fraction of sp³-hybridized carbons (Fsp3) is 0.478. The molecule has 0 saturated heterocycles. The molecule has 6 rings (SSSR count). The van der Waals surface area contributed by atoms with Gasteiger partial charge >= 0.3 is 6.18 Å². The van der Waals surface area contributed by atoms with Crippen LogP contribution < -0.4 is 4.74 Å². The topological polar surface area (TPSA) is 69.4 Å². The van der Waals surface area contributed by atoms with Gasteiger partial charge in [-0.15, -0.1) is 10.2 Å². The fourth-order valence-electron chi connectivity index (χ4n) is 5.49. The summed E-state index contributed by atoms with van der Waals surface area (Å²) in [4.78, 5) is 0. The Labute approximate surface area is 183 Å². The number of ether oxygens (including phenoxy) is 2. The molecule has 0 atom stereocenters. The molecule has 3 saturated carbocycles. The van der Waals surface area contributed by atoms with Crippen LogP contribution in [0.4, 0.5) is 13.2 Å². The van der Waals surface area contributed by atoms with Gasteiger partial charge in [0.25, 0.3) is 0 Å². The number of aromatic nitrogens is 3. The molecule has 1 aromatic carbocycles. The van der Waals surface area contributed by atoms with E-state index in [1.54, 1.807) is 6.92 Å². The van der Waals surface area contributed by atoms with E-state index in [9.17, 15) is 18.3 Å². The molecule has 0 aliphatic heterocycles. The molecule has 0 radical (unpaired) electrons. The van der Waals surface area contributed by atoms with Crippen LogP contribution in [0.3, 0.4) is 0 Å². The number of benzene rings is 1. The number of methoxy groups -OCH3 is 1. The van der Waals surface area contributed by atoms with Gasteiger partial charge in [0.05, 0.1) is 22.4 Å². The van der Waals surface area contributed by atoms with Crippen molar-refractivity contribution in [1.29, 1.82) is 0 Å². The molecule has 2 aromatic heterocycles. The maximum atomic E-state index is 13.3. The van der Waals surface area contributed by atoms with E-state index < -0.39 is 17.3 Å². The predicted molar refractivity (Wildman–Crippen MR) is 111 cm³/mol. The number of halogens is 3. The van der Waals surface area contributed by atoms with Crippen molar-refractivity contribution in [2.75, 3.05) is 13.9 Å². The van der Waals surface area contributed by atoms with Gasteiger partial charge in [-0.25, -0.2) is 0 Å². The van der Waals surface area contributed by atoms with Crippen molar-refractivity contribution in [1.82, 2.24) is 14.8 Å². The number of aryl methyl sites for hydroxylation is 1. The molecule has 6 nitrogen and oxygen atoms in total. The molecule has 0 spiro atoms. The summed E-state index contributed by atoms with van der Waals surface area (Å²) < 4.78 is 52.5. The maximum absolute atomic E-state index is 13.3. The first-order valence-electron chi connectivity index (χ1n) is 10.6. The zero-order valence-corrected chi connectivity index (χ0v) is 17.9. The third-order valence-electron chi connectivity index (χ3n) is 6.76. The third kappa shape index (κ3) is 3.34. The highest BCUT2D eigenvalue weighted by Crippen LogP contribution is 2.57. The first kappa shape index (κ1) is 21.2. The number of nitrogens with zero attached hydrogens (tertiary/aromatic N) is 3. The molecule has 9 heteroatoms. The number of hydrogen-bond donors (Lipinski definition) is 1. The lowest BCUT2D eigenvalue weighted by molar-refractivity contribution is -0.154. The van der Waals surface area contributed by atoms with E-state index in [0.29, 0.717) is 35.3 Å². The molecule has 3 fully saturated rings. The minimum Gasteiger partial charge on any atom is -0.467 e. The van der Waals surface area contributed by atoms with Crippen molar-refractivity contribution in [3.05, 3.63) is 41.6 Å². The van der Waals surface area contributed by atoms with E-state index in [4.69, 9.17) is 9.47 Å². The summed E-state index contributed by atoms with van der Waals surface area (Å²) >= 11 is 0. The van der Waals surface area contributed by atoms with Crippen LogP contribution in [0, 0.1) is 6.92 Å². The average Bonchev–Trinajstić information content (AvgIpc) is 3.14. The molecule has 32 heavy (non-hydrogen) atoms. The first-order chi connectivity index (χ1) is 15.1. The van der Waals surface area contributed by atoms with Crippen LogP contribution in [0.2, 0.25) is 0 Å². The van der Waals surface area contributed by atoms with E-state index in [0.717, 1.165) is 36.8 Å².